The fourth-order valence-electron chi connectivity index (χ4n) is 1.45. The SMILES string of the molecule is CN1CC[C@H]1COc1cccnc1F. The van der Waals surface area contributed by atoms with Crippen molar-refractivity contribution in [1.82, 2.24) is 9.88 Å². The largest absolute Gasteiger partial charge is 0.487 e. The van der Waals surface area contributed by atoms with Gasteiger partial charge < -0.3 is 4.74 Å². The van der Waals surface area contributed by atoms with Gasteiger partial charge in [-0.05, 0) is 32.1 Å². The summed E-state index contributed by atoms with van der Waals surface area (Å²) in [5, 5.41) is 0. The Bertz CT molecular complexity index is 319. The van der Waals surface area contributed by atoms with Crippen LogP contribution in [0.25, 0.3) is 0 Å². The summed E-state index contributed by atoms with van der Waals surface area (Å²) in [4.78, 5) is 5.70. The molecule has 2 heterocycles. The van der Waals surface area contributed by atoms with Gasteiger partial charge >= 0.3 is 0 Å². The Labute approximate surface area is 82.5 Å². The first kappa shape index (κ1) is 9.40. The molecule has 1 atom stereocenters. The number of hydrogen-bond donors (Lipinski definition) is 0. The monoisotopic (exact) mass is 196 g/mol. The minimum Gasteiger partial charge on any atom is -0.487 e. The lowest BCUT2D eigenvalue weighted by atomic mass is 10.1. The molecule has 0 radical (unpaired) electrons. The molecule has 14 heavy (non-hydrogen) atoms. The standard InChI is InChI=1S/C10H13FN2O/c1-13-6-4-8(13)7-14-9-3-2-5-12-10(9)11/h2-3,5,8H,4,6-7H2,1H3/t8-/m0/s1. The highest BCUT2D eigenvalue weighted by Gasteiger charge is 2.24. The van der Waals surface area contributed by atoms with E-state index in [4.69, 9.17) is 4.74 Å². The number of pyridine rings is 1. The van der Waals surface area contributed by atoms with Crippen molar-refractivity contribution in [3.05, 3.63) is 24.3 Å². The molecule has 0 aromatic carbocycles. The van der Waals surface area contributed by atoms with Gasteiger partial charge in [0.05, 0.1) is 0 Å². The Balaban J connectivity index is 1.88. The minimum atomic E-state index is -0.533. The quantitative estimate of drug-likeness (QED) is 0.681. The number of halogens is 1. The van der Waals surface area contributed by atoms with Gasteiger partial charge in [0.25, 0.3) is 5.95 Å². The van der Waals surface area contributed by atoms with Crippen molar-refractivity contribution in [3.8, 4) is 5.75 Å². The summed E-state index contributed by atoms with van der Waals surface area (Å²) in [6.07, 6.45) is 2.54. The molecule has 0 saturated carbocycles. The fraction of sp³-hybridized carbons (Fsp3) is 0.500. The topological polar surface area (TPSA) is 25.4 Å². The van der Waals surface area contributed by atoms with E-state index in [9.17, 15) is 4.39 Å². The van der Waals surface area contributed by atoms with Crippen LogP contribution in [0.4, 0.5) is 4.39 Å². The van der Waals surface area contributed by atoms with Crippen molar-refractivity contribution in [2.75, 3.05) is 20.2 Å². The van der Waals surface area contributed by atoms with Gasteiger partial charge in [-0.1, -0.05) is 0 Å². The molecule has 1 saturated heterocycles. The van der Waals surface area contributed by atoms with Crippen molar-refractivity contribution in [3.63, 3.8) is 0 Å². The van der Waals surface area contributed by atoms with E-state index in [1.165, 1.54) is 6.20 Å². The van der Waals surface area contributed by atoms with E-state index < -0.39 is 5.95 Å². The second kappa shape index (κ2) is 3.92. The molecule has 76 valence electrons. The number of likely N-dealkylation sites (N-methyl/N-ethyl adjacent to an activating group) is 1. The number of hydrogen-bond acceptors (Lipinski definition) is 3. The summed E-state index contributed by atoms with van der Waals surface area (Å²) in [5.74, 6) is -0.290. The molecule has 0 unspecified atom stereocenters. The van der Waals surface area contributed by atoms with Crippen molar-refractivity contribution >= 4 is 0 Å². The first-order valence-electron chi connectivity index (χ1n) is 4.71. The third-order valence-corrected chi connectivity index (χ3v) is 2.59. The van der Waals surface area contributed by atoms with Crippen molar-refractivity contribution in [2.24, 2.45) is 0 Å². The highest BCUT2D eigenvalue weighted by Crippen LogP contribution is 2.18. The van der Waals surface area contributed by atoms with E-state index >= 15 is 0 Å². The number of aromatic nitrogens is 1. The summed E-state index contributed by atoms with van der Waals surface area (Å²) in [6, 6.07) is 3.69. The van der Waals surface area contributed by atoms with Crippen LogP contribution in [0.1, 0.15) is 6.42 Å². The van der Waals surface area contributed by atoms with Gasteiger partial charge in [-0.3, -0.25) is 4.90 Å². The van der Waals surface area contributed by atoms with Gasteiger partial charge in [-0.15, -0.1) is 0 Å². The molecule has 3 nitrogen and oxygen atoms in total. The van der Waals surface area contributed by atoms with Crippen LogP contribution in [0.2, 0.25) is 0 Å². The Morgan fingerprint density at radius 2 is 2.57 bits per heavy atom. The molecule has 1 aliphatic rings. The lowest BCUT2D eigenvalue weighted by molar-refractivity contribution is 0.0749. The predicted octanol–water partition coefficient (Wildman–Crippen LogP) is 1.30. The highest BCUT2D eigenvalue weighted by molar-refractivity contribution is 5.17. The van der Waals surface area contributed by atoms with E-state index in [0.29, 0.717) is 12.6 Å². The van der Waals surface area contributed by atoms with Crippen molar-refractivity contribution in [2.45, 2.75) is 12.5 Å². The molecule has 1 aromatic heterocycles. The van der Waals surface area contributed by atoms with Gasteiger partial charge in [-0.2, -0.15) is 4.39 Å². The molecule has 1 aliphatic heterocycles. The lowest BCUT2D eigenvalue weighted by Gasteiger charge is -2.37. The van der Waals surface area contributed by atoms with E-state index in [1.54, 1.807) is 12.1 Å². The molecule has 4 heteroatoms. The summed E-state index contributed by atoms with van der Waals surface area (Å²) < 4.78 is 18.3. The molecule has 1 fully saturated rings. The zero-order valence-corrected chi connectivity index (χ0v) is 8.11. The van der Waals surface area contributed by atoms with Crippen LogP contribution >= 0.6 is 0 Å². The Kier molecular flexibility index (Phi) is 2.63. The van der Waals surface area contributed by atoms with Crippen LogP contribution in [0.3, 0.4) is 0 Å². The van der Waals surface area contributed by atoms with Gasteiger partial charge in [0.1, 0.15) is 6.61 Å². The van der Waals surface area contributed by atoms with Crippen LogP contribution in [-0.2, 0) is 0 Å². The Morgan fingerprint density at radius 1 is 1.71 bits per heavy atom. The van der Waals surface area contributed by atoms with E-state index in [1.807, 2.05) is 7.05 Å². The highest BCUT2D eigenvalue weighted by atomic mass is 19.1. The smallest absolute Gasteiger partial charge is 0.255 e. The normalized spacial score (nSPS) is 21.7. The number of nitrogens with zero attached hydrogens (tertiary/aromatic N) is 2. The zero-order valence-electron chi connectivity index (χ0n) is 8.11. The second-order valence-electron chi connectivity index (χ2n) is 3.53. The molecule has 2 rings (SSSR count). The molecule has 0 aliphatic carbocycles. The molecule has 0 N–H and O–H groups in total. The van der Waals surface area contributed by atoms with Gasteiger partial charge in [-0.25, -0.2) is 4.98 Å². The predicted molar refractivity (Wildman–Crippen MR) is 50.7 cm³/mol. The maximum Gasteiger partial charge on any atom is 0.255 e. The Hall–Kier alpha value is -1.16. The maximum atomic E-state index is 13.0. The molecule has 1 aromatic rings. The second-order valence-corrected chi connectivity index (χ2v) is 3.53. The fourth-order valence-corrected chi connectivity index (χ4v) is 1.45. The molecule has 0 amide bonds. The maximum absolute atomic E-state index is 13.0. The van der Waals surface area contributed by atoms with E-state index in [2.05, 4.69) is 9.88 Å². The summed E-state index contributed by atoms with van der Waals surface area (Å²) in [7, 11) is 2.04. The molecule has 0 spiro atoms. The first-order chi connectivity index (χ1) is 6.77. The van der Waals surface area contributed by atoms with Crippen LogP contribution in [0, 0.1) is 5.95 Å². The molecular formula is C10H13FN2O. The molecular weight excluding hydrogens is 183 g/mol. The average molecular weight is 196 g/mol. The van der Waals surface area contributed by atoms with E-state index in [-0.39, 0.29) is 5.75 Å². The van der Waals surface area contributed by atoms with Gasteiger partial charge in [0.2, 0.25) is 0 Å². The van der Waals surface area contributed by atoms with Gasteiger partial charge in [0, 0.05) is 12.2 Å². The zero-order chi connectivity index (χ0) is 9.97. The molecule has 0 bridgehead atoms. The summed E-state index contributed by atoms with van der Waals surface area (Å²) in [6.45, 7) is 1.64. The number of rotatable bonds is 3. The lowest BCUT2D eigenvalue weighted by Crippen LogP contribution is -2.48. The van der Waals surface area contributed by atoms with E-state index in [0.717, 1.165) is 13.0 Å². The average Bonchev–Trinajstić information content (AvgIpc) is 2.19. The van der Waals surface area contributed by atoms with Crippen molar-refractivity contribution < 1.29 is 9.13 Å². The van der Waals surface area contributed by atoms with Crippen LogP contribution in [0.5, 0.6) is 5.75 Å². The summed E-state index contributed by atoms with van der Waals surface area (Å²) in [5.41, 5.74) is 0. The van der Waals surface area contributed by atoms with Crippen LogP contribution < -0.4 is 4.74 Å². The van der Waals surface area contributed by atoms with Crippen LogP contribution in [0.15, 0.2) is 18.3 Å². The summed E-state index contributed by atoms with van der Waals surface area (Å²) >= 11 is 0. The first-order valence-corrected chi connectivity index (χ1v) is 4.71. The number of ether oxygens (including phenoxy) is 1. The third kappa shape index (κ3) is 1.85. The minimum absolute atomic E-state index is 0.243. The Morgan fingerprint density at radius 3 is 3.14 bits per heavy atom. The number of likely N-dealkylation sites (tertiary alicyclic amines) is 1. The van der Waals surface area contributed by atoms with Crippen LogP contribution in [-0.4, -0.2) is 36.1 Å². The van der Waals surface area contributed by atoms with Gasteiger partial charge in [0.15, 0.2) is 5.75 Å². The van der Waals surface area contributed by atoms with Crippen molar-refractivity contribution in [1.29, 1.82) is 0 Å². The third-order valence-electron chi connectivity index (χ3n) is 2.59.